The summed E-state index contributed by atoms with van der Waals surface area (Å²) in [6.07, 6.45) is 0.0614. The molecule has 2 N–H and O–H groups in total. The Morgan fingerprint density at radius 2 is 2.03 bits per heavy atom. The van der Waals surface area contributed by atoms with Gasteiger partial charge in [-0.1, -0.05) is 29.4 Å². The lowest BCUT2D eigenvalue weighted by Gasteiger charge is -2.12. The van der Waals surface area contributed by atoms with E-state index in [9.17, 15) is 9.59 Å². The van der Waals surface area contributed by atoms with Crippen molar-refractivity contribution in [2.24, 2.45) is 0 Å². The second-order valence-corrected chi connectivity index (χ2v) is 9.45. The minimum Gasteiger partial charge on any atom is -0.326 e. The first-order chi connectivity index (χ1) is 14.8. The van der Waals surface area contributed by atoms with Gasteiger partial charge in [-0.25, -0.2) is 4.98 Å². The van der Waals surface area contributed by atoms with Crippen LogP contribution in [0.1, 0.15) is 30.9 Å². The summed E-state index contributed by atoms with van der Waals surface area (Å²) >= 11 is 8.79. The van der Waals surface area contributed by atoms with E-state index < -0.39 is 5.25 Å². The van der Waals surface area contributed by atoms with E-state index in [1.807, 2.05) is 36.8 Å². The van der Waals surface area contributed by atoms with Gasteiger partial charge in [0.2, 0.25) is 11.8 Å². The van der Waals surface area contributed by atoms with Gasteiger partial charge < -0.3 is 15.2 Å². The summed E-state index contributed by atoms with van der Waals surface area (Å²) in [6, 6.07) is 5.36. The first-order valence-electron chi connectivity index (χ1n) is 9.64. The van der Waals surface area contributed by atoms with Gasteiger partial charge in [0.05, 0.1) is 17.4 Å². The Morgan fingerprint density at radius 3 is 2.68 bits per heavy atom. The summed E-state index contributed by atoms with van der Waals surface area (Å²) in [6.45, 7) is 8.09. The number of amides is 2. The molecule has 0 aliphatic carbocycles. The lowest BCUT2D eigenvalue weighted by molar-refractivity contribution is -0.116. The molecule has 0 bridgehead atoms. The van der Waals surface area contributed by atoms with E-state index in [2.05, 4.69) is 25.8 Å². The van der Waals surface area contributed by atoms with Crippen molar-refractivity contribution in [1.82, 2.24) is 19.7 Å². The topological polar surface area (TPSA) is 102 Å². The van der Waals surface area contributed by atoms with Crippen molar-refractivity contribution in [3.8, 4) is 0 Å². The van der Waals surface area contributed by atoms with Crippen LogP contribution in [0.4, 0.5) is 10.8 Å². The second-order valence-electron chi connectivity index (χ2n) is 6.88. The van der Waals surface area contributed by atoms with Gasteiger partial charge in [-0.05, 0) is 45.4 Å². The van der Waals surface area contributed by atoms with Crippen LogP contribution in [0.3, 0.4) is 0 Å². The van der Waals surface area contributed by atoms with Crippen molar-refractivity contribution < 1.29 is 9.59 Å². The smallest absolute Gasteiger partial charge is 0.239 e. The van der Waals surface area contributed by atoms with E-state index >= 15 is 0 Å². The van der Waals surface area contributed by atoms with Crippen LogP contribution in [0.2, 0.25) is 5.02 Å². The molecule has 0 saturated carbocycles. The van der Waals surface area contributed by atoms with Gasteiger partial charge >= 0.3 is 0 Å². The molecule has 1 aromatic carbocycles. The highest BCUT2D eigenvalue weighted by atomic mass is 35.5. The van der Waals surface area contributed by atoms with Gasteiger partial charge in [0.1, 0.15) is 5.82 Å². The highest BCUT2D eigenvalue weighted by Crippen LogP contribution is 2.25. The summed E-state index contributed by atoms with van der Waals surface area (Å²) in [5, 5.41) is 17.2. The fourth-order valence-corrected chi connectivity index (χ4v) is 4.51. The van der Waals surface area contributed by atoms with E-state index in [1.165, 1.54) is 23.1 Å². The first kappa shape index (κ1) is 23.2. The second kappa shape index (κ2) is 10.3. The van der Waals surface area contributed by atoms with E-state index in [1.54, 1.807) is 19.1 Å². The third kappa shape index (κ3) is 6.05. The summed E-state index contributed by atoms with van der Waals surface area (Å²) in [7, 11) is 0. The lowest BCUT2D eigenvalue weighted by Crippen LogP contribution is -2.23. The Bertz CT molecular complexity index is 1100. The average Bonchev–Trinajstić information content (AvgIpc) is 3.29. The van der Waals surface area contributed by atoms with Crippen LogP contribution in [-0.4, -0.2) is 36.8 Å². The molecule has 3 aromatic rings. The third-order valence-corrected chi connectivity index (χ3v) is 6.75. The van der Waals surface area contributed by atoms with Gasteiger partial charge in [-0.3, -0.25) is 9.59 Å². The van der Waals surface area contributed by atoms with Crippen molar-refractivity contribution in [3.63, 3.8) is 0 Å². The van der Waals surface area contributed by atoms with Crippen molar-refractivity contribution in [2.75, 3.05) is 10.6 Å². The summed E-state index contributed by atoms with van der Waals surface area (Å²) in [5.41, 5.74) is 2.43. The molecule has 164 valence electrons. The number of rotatable bonds is 8. The Kier molecular flexibility index (Phi) is 7.69. The number of thioether (sulfide) groups is 1. The van der Waals surface area contributed by atoms with Crippen LogP contribution in [0.15, 0.2) is 28.7 Å². The molecule has 0 aliphatic rings. The summed E-state index contributed by atoms with van der Waals surface area (Å²) in [5.74, 6) is 0.146. The number of aromatic nitrogens is 4. The molecule has 1 unspecified atom stereocenters. The largest absolute Gasteiger partial charge is 0.326 e. The van der Waals surface area contributed by atoms with Crippen molar-refractivity contribution in [3.05, 3.63) is 45.7 Å². The van der Waals surface area contributed by atoms with Crippen LogP contribution in [0, 0.1) is 13.8 Å². The van der Waals surface area contributed by atoms with Crippen molar-refractivity contribution in [2.45, 2.75) is 51.1 Å². The number of hydrogen-bond donors (Lipinski definition) is 2. The number of thiazole rings is 1. The molecule has 1 atom stereocenters. The zero-order valence-corrected chi connectivity index (χ0v) is 20.0. The summed E-state index contributed by atoms with van der Waals surface area (Å²) in [4.78, 5) is 29.2. The first-order valence-corrected chi connectivity index (χ1v) is 11.8. The molecule has 0 saturated heterocycles. The van der Waals surface area contributed by atoms with E-state index in [4.69, 9.17) is 11.6 Å². The molecule has 2 amide bonds. The Labute approximate surface area is 193 Å². The van der Waals surface area contributed by atoms with E-state index in [0.717, 1.165) is 11.3 Å². The quantitative estimate of drug-likeness (QED) is 0.467. The fourth-order valence-electron chi connectivity index (χ4n) is 2.70. The highest BCUT2D eigenvalue weighted by Gasteiger charge is 2.21. The number of anilines is 2. The third-order valence-electron chi connectivity index (χ3n) is 4.38. The number of carbonyl (C=O) groups is 2. The molecular formula is C20H23ClN6O2S2. The van der Waals surface area contributed by atoms with Crippen LogP contribution in [0.5, 0.6) is 0 Å². The van der Waals surface area contributed by atoms with Gasteiger partial charge in [0, 0.05) is 22.6 Å². The zero-order valence-electron chi connectivity index (χ0n) is 17.6. The lowest BCUT2D eigenvalue weighted by atomic mass is 10.2. The predicted molar refractivity (Wildman–Crippen MR) is 125 cm³/mol. The van der Waals surface area contributed by atoms with Gasteiger partial charge in [-0.2, -0.15) is 0 Å². The molecule has 8 nitrogen and oxygen atoms in total. The van der Waals surface area contributed by atoms with Crippen molar-refractivity contribution in [1.29, 1.82) is 0 Å². The number of hydrogen-bond acceptors (Lipinski definition) is 7. The van der Waals surface area contributed by atoms with Crippen molar-refractivity contribution >= 4 is 57.3 Å². The monoisotopic (exact) mass is 478 g/mol. The molecule has 0 spiro atoms. The van der Waals surface area contributed by atoms with Gasteiger partial charge in [0.25, 0.3) is 0 Å². The van der Waals surface area contributed by atoms with Gasteiger partial charge in [-0.15, -0.1) is 21.5 Å². The molecule has 2 aromatic heterocycles. The maximum atomic E-state index is 12.5. The minimum atomic E-state index is -0.407. The molecule has 0 radical (unpaired) electrons. The molecular weight excluding hydrogens is 456 g/mol. The molecule has 0 aliphatic heterocycles. The molecule has 3 rings (SSSR count). The Morgan fingerprint density at radius 1 is 1.26 bits per heavy atom. The van der Waals surface area contributed by atoms with Crippen LogP contribution >= 0.6 is 34.7 Å². The van der Waals surface area contributed by atoms with Crippen LogP contribution in [-0.2, 0) is 22.6 Å². The SMILES string of the molecule is CCn1c(CC(=O)Nc2ccc(C)c(Cl)c2)nnc1SC(C)C(=O)Nc1nc(C)cs1. The predicted octanol–water partition coefficient (Wildman–Crippen LogP) is 4.33. The van der Waals surface area contributed by atoms with Gasteiger partial charge in [0.15, 0.2) is 10.3 Å². The Hall–Kier alpha value is -2.43. The number of nitrogens with one attached hydrogen (secondary N) is 2. The number of benzene rings is 1. The fraction of sp³-hybridized carbons (Fsp3) is 0.350. The maximum Gasteiger partial charge on any atom is 0.239 e. The van der Waals surface area contributed by atoms with Crippen LogP contribution < -0.4 is 10.6 Å². The molecule has 0 fully saturated rings. The number of aryl methyl sites for hydroxylation is 2. The number of halogens is 1. The summed E-state index contributed by atoms with van der Waals surface area (Å²) < 4.78 is 1.84. The minimum absolute atomic E-state index is 0.0614. The maximum absolute atomic E-state index is 12.5. The van der Waals surface area contributed by atoms with E-state index in [0.29, 0.717) is 33.4 Å². The molecule has 2 heterocycles. The Balaban J connectivity index is 1.63. The molecule has 11 heteroatoms. The zero-order chi connectivity index (χ0) is 22.5. The normalized spacial score (nSPS) is 11.9. The molecule has 31 heavy (non-hydrogen) atoms. The van der Waals surface area contributed by atoms with E-state index in [-0.39, 0.29) is 18.2 Å². The standard InChI is InChI=1S/C20H23ClN6O2S2/c1-5-27-16(9-17(28)23-14-7-6-11(2)15(21)8-14)25-26-20(27)31-13(4)18(29)24-19-22-12(3)10-30-19/h6-8,10,13H,5,9H2,1-4H3,(H,23,28)(H,22,24,29). The number of carbonyl (C=O) groups excluding carboxylic acids is 2. The highest BCUT2D eigenvalue weighted by molar-refractivity contribution is 8.00. The average molecular weight is 479 g/mol. The van der Waals surface area contributed by atoms with Crippen LogP contribution in [0.25, 0.3) is 0 Å². The number of nitrogens with zero attached hydrogens (tertiary/aromatic N) is 4.